The van der Waals surface area contributed by atoms with Crippen LogP contribution in [0.4, 0.5) is 23.2 Å². The van der Waals surface area contributed by atoms with E-state index in [2.05, 4.69) is 5.32 Å². The monoisotopic (exact) mass is 496 g/mol. The number of hydrogen-bond donors (Lipinski definition) is 1. The second kappa shape index (κ2) is 10.4. The minimum atomic E-state index is -4.79. The van der Waals surface area contributed by atoms with Crippen molar-refractivity contribution < 1.29 is 27.2 Å². The summed E-state index contributed by atoms with van der Waals surface area (Å²) in [6, 6.07) is 15.8. The number of aryl methyl sites for hydroxylation is 1. The van der Waals surface area contributed by atoms with E-state index in [1.54, 1.807) is 17.1 Å². The van der Waals surface area contributed by atoms with Crippen molar-refractivity contribution in [2.24, 2.45) is 0 Å². The van der Waals surface area contributed by atoms with E-state index in [0.717, 1.165) is 34.4 Å². The maximum atomic E-state index is 13.9. The zero-order chi connectivity index (χ0) is 25.9. The molecule has 4 rings (SSSR count). The molecule has 0 bridgehead atoms. The summed E-state index contributed by atoms with van der Waals surface area (Å²) < 4.78 is 52.2. The van der Waals surface area contributed by atoms with E-state index in [4.69, 9.17) is 0 Å². The minimum Gasteiger partial charge on any atom is -0.334 e. The van der Waals surface area contributed by atoms with E-state index in [0.29, 0.717) is 31.3 Å². The summed E-state index contributed by atoms with van der Waals surface area (Å²) in [6.45, 7) is 2.70. The van der Waals surface area contributed by atoms with E-state index in [9.17, 15) is 27.2 Å². The first-order valence-corrected chi connectivity index (χ1v) is 11.4. The van der Waals surface area contributed by atoms with E-state index < -0.39 is 23.5 Å². The molecule has 0 unspecified atom stereocenters. The summed E-state index contributed by atoms with van der Waals surface area (Å²) in [5.41, 5.74) is 2.97. The summed E-state index contributed by atoms with van der Waals surface area (Å²) in [5, 5.41) is 2.84. The molecule has 186 valence electrons. The fourth-order valence-electron chi connectivity index (χ4n) is 4.24. The Bertz CT molecular complexity index is 1320. The summed E-state index contributed by atoms with van der Waals surface area (Å²) in [4.78, 5) is 27.1. The van der Waals surface area contributed by atoms with Gasteiger partial charge in [-0.2, -0.15) is 13.2 Å². The molecule has 0 saturated carbocycles. The Morgan fingerprint density at radius 1 is 1.06 bits per heavy atom. The van der Waals surface area contributed by atoms with Crippen molar-refractivity contribution >= 4 is 23.6 Å². The predicted molar refractivity (Wildman–Crippen MR) is 130 cm³/mol. The normalized spacial score (nSPS) is 13.5. The smallest absolute Gasteiger partial charge is 0.334 e. The average Bonchev–Trinajstić information content (AvgIpc) is 2.84. The Morgan fingerprint density at radius 2 is 1.81 bits per heavy atom. The third kappa shape index (κ3) is 5.82. The molecule has 0 saturated heterocycles. The largest absolute Gasteiger partial charge is 0.419 e. The lowest BCUT2D eigenvalue weighted by molar-refractivity contribution is -0.140. The fourth-order valence-corrected chi connectivity index (χ4v) is 4.24. The van der Waals surface area contributed by atoms with Crippen molar-refractivity contribution in [3.05, 3.63) is 106 Å². The Balaban J connectivity index is 1.45. The van der Waals surface area contributed by atoms with Crippen molar-refractivity contribution in [1.29, 1.82) is 0 Å². The van der Waals surface area contributed by atoms with Crippen molar-refractivity contribution in [3.8, 4) is 0 Å². The number of benzene rings is 3. The molecule has 1 N–H and O–H groups in total. The lowest BCUT2D eigenvalue weighted by atomic mass is 9.94. The topological polar surface area (TPSA) is 49.4 Å². The molecule has 8 heteroatoms. The quantitative estimate of drug-likeness (QED) is 0.352. The second-order valence-electron chi connectivity index (χ2n) is 8.69. The first-order chi connectivity index (χ1) is 17.1. The number of anilines is 1. The molecule has 0 radical (unpaired) electrons. The van der Waals surface area contributed by atoms with Crippen molar-refractivity contribution in [1.82, 2.24) is 4.90 Å². The Labute approximate surface area is 206 Å². The van der Waals surface area contributed by atoms with Gasteiger partial charge in [0.05, 0.1) is 12.0 Å². The molecule has 3 aromatic carbocycles. The van der Waals surface area contributed by atoms with Gasteiger partial charge in [0.25, 0.3) is 0 Å². The molecule has 36 heavy (non-hydrogen) atoms. The van der Waals surface area contributed by atoms with Gasteiger partial charge in [0.1, 0.15) is 5.82 Å². The Hall–Kier alpha value is -3.94. The van der Waals surface area contributed by atoms with Gasteiger partial charge in [0.2, 0.25) is 11.8 Å². The molecule has 4 nitrogen and oxygen atoms in total. The number of alkyl halides is 3. The highest BCUT2D eigenvalue weighted by Gasteiger charge is 2.34. The van der Waals surface area contributed by atoms with Gasteiger partial charge in [0.15, 0.2) is 0 Å². The van der Waals surface area contributed by atoms with Crippen LogP contribution in [0.5, 0.6) is 0 Å². The molecular weight excluding hydrogens is 472 g/mol. The van der Waals surface area contributed by atoms with Crippen LogP contribution in [0.15, 0.2) is 66.7 Å². The van der Waals surface area contributed by atoms with Gasteiger partial charge in [-0.05, 0) is 59.4 Å². The van der Waals surface area contributed by atoms with E-state index >= 15 is 0 Å². The maximum absolute atomic E-state index is 13.9. The number of amides is 2. The molecule has 0 spiro atoms. The first-order valence-electron chi connectivity index (χ1n) is 11.4. The SMILES string of the molecule is Cc1ccc2c(c1NC(=O)Cc1ccc(C(F)(F)F)c(F)c1)CCN(C(=O)C=Cc1ccccc1)C2. The summed E-state index contributed by atoms with van der Waals surface area (Å²) in [6.07, 6.45) is -1.22. The van der Waals surface area contributed by atoms with Gasteiger partial charge in [-0.1, -0.05) is 48.5 Å². The highest BCUT2D eigenvalue weighted by molar-refractivity contribution is 5.95. The van der Waals surface area contributed by atoms with Crippen LogP contribution in [0.25, 0.3) is 6.08 Å². The molecule has 3 aromatic rings. The molecule has 0 fully saturated rings. The molecule has 0 aliphatic carbocycles. The van der Waals surface area contributed by atoms with E-state index in [1.165, 1.54) is 0 Å². The van der Waals surface area contributed by atoms with E-state index in [-0.39, 0.29) is 17.9 Å². The number of carbonyl (C=O) groups is 2. The number of fused-ring (bicyclic) bond motifs is 1. The standard InChI is InChI=1S/C28H24F4N2O2/c1-18-7-10-21-17-34(26(36)12-9-19-5-3-2-4-6-19)14-13-22(21)27(18)33-25(35)16-20-8-11-23(24(29)15-20)28(30,31)32/h2-12,15H,13-14,16-17H2,1H3,(H,33,35). The molecular formula is C28H24F4N2O2. The van der Waals surface area contributed by atoms with Crippen LogP contribution in [0, 0.1) is 12.7 Å². The third-order valence-corrected chi connectivity index (χ3v) is 6.11. The zero-order valence-electron chi connectivity index (χ0n) is 19.5. The first kappa shape index (κ1) is 25.2. The summed E-state index contributed by atoms with van der Waals surface area (Å²) in [5.74, 6) is -1.98. The van der Waals surface area contributed by atoms with Crippen molar-refractivity contribution in [3.63, 3.8) is 0 Å². The van der Waals surface area contributed by atoms with Crippen LogP contribution in [-0.4, -0.2) is 23.3 Å². The highest BCUT2D eigenvalue weighted by atomic mass is 19.4. The third-order valence-electron chi connectivity index (χ3n) is 6.11. The number of nitrogens with zero attached hydrogens (tertiary/aromatic N) is 1. The predicted octanol–water partition coefficient (Wildman–Crippen LogP) is 5.93. The van der Waals surface area contributed by atoms with Gasteiger partial charge < -0.3 is 10.2 Å². The lowest BCUT2D eigenvalue weighted by Gasteiger charge is -2.30. The van der Waals surface area contributed by atoms with Crippen LogP contribution in [0.1, 0.15) is 33.4 Å². The number of nitrogens with one attached hydrogen (secondary N) is 1. The van der Waals surface area contributed by atoms with Gasteiger partial charge in [-0.25, -0.2) is 4.39 Å². The van der Waals surface area contributed by atoms with Gasteiger partial charge in [-0.3, -0.25) is 9.59 Å². The van der Waals surface area contributed by atoms with Crippen molar-refractivity contribution in [2.75, 3.05) is 11.9 Å². The van der Waals surface area contributed by atoms with Crippen LogP contribution in [-0.2, 0) is 35.2 Å². The summed E-state index contributed by atoms with van der Waals surface area (Å²) >= 11 is 0. The number of halogens is 4. The zero-order valence-corrected chi connectivity index (χ0v) is 19.5. The molecule has 1 aliphatic rings. The van der Waals surface area contributed by atoms with Crippen LogP contribution in [0.3, 0.4) is 0 Å². The lowest BCUT2D eigenvalue weighted by Crippen LogP contribution is -2.35. The number of carbonyl (C=O) groups excluding carboxylic acids is 2. The van der Waals surface area contributed by atoms with Crippen LogP contribution in [0.2, 0.25) is 0 Å². The van der Waals surface area contributed by atoms with Crippen LogP contribution < -0.4 is 5.32 Å². The Kier molecular flexibility index (Phi) is 7.24. The number of rotatable bonds is 5. The number of hydrogen-bond acceptors (Lipinski definition) is 2. The second-order valence-corrected chi connectivity index (χ2v) is 8.69. The van der Waals surface area contributed by atoms with Gasteiger partial charge in [-0.15, -0.1) is 0 Å². The minimum absolute atomic E-state index is 0.111. The average molecular weight is 497 g/mol. The van der Waals surface area contributed by atoms with Crippen molar-refractivity contribution in [2.45, 2.75) is 32.5 Å². The molecule has 0 atom stereocenters. The molecule has 1 aliphatic heterocycles. The van der Waals surface area contributed by atoms with Crippen LogP contribution >= 0.6 is 0 Å². The highest BCUT2D eigenvalue weighted by Crippen LogP contribution is 2.32. The van der Waals surface area contributed by atoms with E-state index in [1.807, 2.05) is 49.4 Å². The van der Waals surface area contributed by atoms with Gasteiger partial charge >= 0.3 is 6.18 Å². The molecule has 1 heterocycles. The molecule has 0 aromatic heterocycles. The maximum Gasteiger partial charge on any atom is 0.419 e. The van der Waals surface area contributed by atoms with Gasteiger partial charge in [0, 0.05) is 24.9 Å². The molecule has 2 amide bonds. The summed E-state index contributed by atoms with van der Waals surface area (Å²) in [7, 11) is 0. The Morgan fingerprint density at radius 3 is 2.50 bits per heavy atom. The fraction of sp³-hybridized carbons (Fsp3) is 0.214.